The van der Waals surface area contributed by atoms with Crippen molar-refractivity contribution in [3.8, 4) is 22.6 Å². The molecule has 1 aromatic heterocycles. The maximum atomic E-state index is 13.0. The van der Waals surface area contributed by atoms with E-state index in [0.717, 1.165) is 11.1 Å². The number of anilines is 1. The topological polar surface area (TPSA) is 57.2 Å². The third-order valence-electron chi connectivity index (χ3n) is 3.44. The number of hydrogen-bond acceptors (Lipinski definition) is 3. The van der Waals surface area contributed by atoms with Gasteiger partial charge in [0, 0.05) is 36.1 Å². The van der Waals surface area contributed by atoms with Gasteiger partial charge in [0.25, 0.3) is 0 Å². The van der Waals surface area contributed by atoms with Crippen LogP contribution in [0.25, 0.3) is 11.1 Å². The van der Waals surface area contributed by atoms with Crippen LogP contribution in [-0.4, -0.2) is 4.57 Å². The molecular formula is C18H15FN2O2. The van der Waals surface area contributed by atoms with E-state index in [1.807, 2.05) is 0 Å². The maximum absolute atomic E-state index is 13.0. The summed E-state index contributed by atoms with van der Waals surface area (Å²) in [5, 5.41) is 0. The van der Waals surface area contributed by atoms with Crippen molar-refractivity contribution >= 4 is 5.69 Å². The van der Waals surface area contributed by atoms with Gasteiger partial charge in [0.15, 0.2) is 0 Å². The summed E-state index contributed by atoms with van der Waals surface area (Å²) >= 11 is 0. The van der Waals surface area contributed by atoms with Gasteiger partial charge in [-0.15, -0.1) is 0 Å². The lowest BCUT2D eigenvalue weighted by Crippen LogP contribution is -2.14. The van der Waals surface area contributed by atoms with Gasteiger partial charge in [0.2, 0.25) is 5.56 Å². The molecule has 3 rings (SSSR count). The number of nitrogens with zero attached hydrogens (tertiary/aromatic N) is 1. The predicted octanol–water partition coefficient (Wildman–Crippen LogP) is 3.57. The van der Waals surface area contributed by atoms with E-state index in [2.05, 4.69) is 0 Å². The van der Waals surface area contributed by atoms with E-state index >= 15 is 0 Å². The fourth-order valence-electron chi connectivity index (χ4n) is 2.25. The van der Waals surface area contributed by atoms with Gasteiger partial charge >= 0.3 is 0 Å². The van der Waals surface area contributed by atoms with E-state index in [9.17, 15) is 9.18 Å². The van der Waals surface area contributed by atoms with Gasteiger partial charge in [-0.05, 0) is 48.5 Å². The summed E-state index contributed by atoms with van der Waals surface area (Å²) in [5.41, 5.74) is 7.91. The Labute approximate surface area is 132 Å². The van der Waals surface area contributed by atoms with E-state index in [-0.39, 0.29) is 11.4 Å². The van der Waals surface area contributed by atoms with Gasteiger partial charge in [-0.2, -0.15) is 0 Å². The molecule has 5 heteroatoms. The zero-order valence-electron chi connectivity index (χ0n) is 12.5. The van der Waals surface area contributed by atoms with Crippen LogP contribution in [0.2, 0.25) is 0 Å². The summed E-state index contributed by atoms with van der Waals surface area (Å²) in [6, 6.07) is 14.2. The molecule has 116 valence electrons. The van der Waals surface area contributed by atoms with Crippen molar-refractivity contribution in [2.45, 2.75) is 0 Å². The normalized spacial score (nSPS) is 10.5. The molecule has 0 radical (unpaired) electrons. The summed E-state index contributed by atoms with van der Waals surface area (Å²) in [6.45, 7) is 0. The van der Waals surface area contributed by atoms with Gasteiger partial charge in [-0.25, -0.2) is 4.39 Å². The van der Waals surface area contributed by atoms with E-state index in [1.54, 1.807) is 49.6 Å². The van der Waals surface area contributed by atoms with Gasteiger partial charge in [-0.3, -0.25) is 4.79 Å². The van der Waals surface area contributed by atoms with Crippen molar-refractivity contribution in [3.63, 3.8) is 0 Å². The molecule has 2 N–H and O–H groups in total. The molecule has 2 aromatic carbocycles. The summed E-state index contributed by atoms with van der Waals surface area (Å²) in [5.74, 6) is 0.764. The minimum Gasteiger partial charge on any atom is -0.457 e. The lowest BCUT2D eigenvalue weighted by atomic mass is 10.1. The molecule has 0 bridgehead atoms. The number of pyridine rings is 1. The first kappa shape index (κ1) is 14.8. The Morgan fingerprint density at radius 1 is 1.04 bits per heavy atom. The van der Waals surface area contributed by atoms with Crippen molar-refractivity contribution in [2.75, 3.05) is 5.73 Å². The lowest BCUT2D eigenvalue weighted by molar-refractivity contribution is 0.482. The second kappa shape index (κ2) is 5.96. The molecule has 0 amide bonds. The minimum atomic E-state index is -0.326. The summed E-state index contributed by atoms with van der Waals surface area (Å²) in [7, 11) is 1.68. The average Bonchev–Trinajstić information content (AvgIpc) is 2.54. The van der Waals surface area contributed by atoms with Crippen molar-refractivity contribution in [3.05, 3.63) is 77.0 Å². The van der Waals surface area contributed by atoms with Gasteiger partial charge in [-0.1, -0.05) is 0 Å². The summed E-state index contributed by atoms with van der Waals surface area (Å²) in [4.78, 5) is 11.5. The van der Waals surface area contributed by atoms with Crippen molar-refractivity contribution in [1.29, 1.82) is 0 Å². The third kappa shape index (κ3) is 3.23. The predicted molar refractivity (Wildman–Crippen MR) is 88.0 cm³/mol. The number of aromatic nitrogens is 1. The number of benzene rings is 2. The van der Waals surface area contributed by atoms with Crippen molar-refractivity contribution in [2.24, 2.45) is 7.05 Å². The monoisotopic (exact) mass is 310 g/mol. The van der Waals surface area contributed by atoms with Crippen LogP contribution in [0.1, 0.15) is 0 Å². The highest BCUT2D eigenvalue weighted by atomic mass is 19.1. The number of halogens is 1. The first-order chi connectivity index (χ1) is 11.0. The first-order valence-electron chi connectivity index (χ1n) is 7.03. The third-order valence-corrected chi connectivity index (χ3v) is 3.44. The molecule has 0 fully saturated rings. The molecule has 3 aromatic rings. The maximum Gasteiger partial charge on any atom is 0.250 e. The van der Waals surface area contributed by atoms with E-state index in [0.29, 0.717) is 17.2 Å². The van der Waals surface area contributed by atoms with Crippen LogP contribution in [0.15, 0.2) is 65.6 Å². The molecule has 0 saturated heterocycles. The molecular weight excluding hydrogens is 295 g/mol. The van der Waals surface area contributed by atoms with E-state index in [4.69, 9.17) is 10.5 Å². The second-order valence-electron chi connectivity index (χ2n) is 5.18. The first-order valence-corrected chi connectivity index (χ1v) is 7.03. The lowest BCUT2D eigenvalue weighted by Gasteiger charge is -2.13. The van der Waals surface area contributed by atoms with Crippen LogP contribution in [0, 0.1) is 5.82 Å². The zero-order valence-corrected chi connectivity index (χ0v) is 12.5. The molecule has 0 aliphatic rings. The van der Waals surface area contributed by atoms with E-state index in [1.165, 1.54) is 22.8 Å². The standard InChI is InChI=1S/C18H15FN2O2/c1-21-11-12(2-9-18(21)22)16-10-14(20)5-8-17(16)23-15-6-3-13(19)4-7-15/h2-11H,20H2,1H3. The molecule has 23 heavy (non-hydrogen) atoms. The number of rotatable bonds is 3. The second-order valence-corrected chi connectivity index (χ2v) is 5.18. The van der Waals surface area contributed by atoms with Crippen molar-refractivity contribution < 1.29 is 9.13 Å². The Morgan fingerprint density at radius 2 is 1.78 bits per heavy atom. The quantitative estimate of drug-likeness (QED) is 0.752. The smallest absolute Gasteiger partial charge is 0.250 e. The summed E-state index contributed by atoms with van der Waals surface area (Å²) in [6.07, 6.45) is 1.72. The molecule has 0 unspecified atom stereocenters. The SMILES string of the molecule is Cn1cc(-c2cc(N)ccc2Oc2ccc(F)cc2)ccc1=O. The van der Waals surface area contributed by atoms with Crippen LogP contribution in [0.5, 0.6) is 11.5 Å². The Bertz CT molecular complexity index is 902. The Balaban J connectivity index is 2.05. The molecule has 0 spiro atoms. The Hall–Kier alpha value is -3.08. The van der Waals surface area contributed by atoms with Gasteiger partial charge in [0.1, 0.15) is 17.3 Å². The number of ether oxygens (including phenoxy) is 1. The number of aryl methyl sites for hydroxylation is 1. The highest BCUT2D eigenvalue weighted by Gasteiger charge is 2.09. The molecule has 1 heterocycles. The van der Waals surface area contributed by atoms with Crippen LogP contribution < -0.4 is 16.0 Å². The van der Waals surface area contributed by atoms with Crippen LogP contribution in [0.4, 0.5) is 10.1 Å². The summed E-state index contributed by atoms with van der Waals surface area (Å²) < 4.78 is 20.3. The molecule has 0 aliphatic heterocycles. The fraction of sp³-hybridized carbons (Fsp3) is 0.0556. The number of nitrogens with two attached hydrogens (primary N) is 1. The van der Waals surface area contributed by atoms with Crippen LogP contribution in [-0.2, 0) is 7.05 Å². The Morgan fingerprint density at radius 3 is 2.48 bits per heavy atom. The highest BCUT2D eigenvalue weighted by Crippen LogP contribution is 2.34. The van der Waals surface area contributed by atoms with Crippen molar-refractivity contribution in [1.82, 2.24) is 4.57 Å². The number of nitrogen functional groups attached to an aromatic ring is 1. The average molecular weight is 310 g/mol. The number of hydrogen-bond donors (Lipinski definition) is 1. The van der Waals surface area contributed by atoms with Crippen LogP contribution >= 0.6 is 0 Å². The zero-order chi connectivity index (χ0) is 16.4. The molecule has 0 saturated carbocycles. The molecule has 0 aliphatic carbocycles. The van der Waals surface area contributed by atoms with Gasteiger partial charge in [0.05, 0.1) is 0 Å². The Kier molecular flexibility index (Phi) is 3.85. The van der Waals surface area contributed by atoms with Crippen LogP contribution in [0.3, 0.4) is 0 Å². The molecule has 4 nitrogen and oxygen atoms in total. The van der Waals surface area contributed by atoms with Gasteiger partial charge < -0.3 is 15.0 Å². The largest absolute Gasteiger partial charge is 0.457 e. The van der Waals surface area contributed by atoms with E-state index < -0.39 is 0 Å². The highest BCUT2D eigenvalue weighted by molar-refractivity contribution is 5.73. The molecule has 0 atom stereocenters. The fourth-order valence-corrected chi connectivity index (χ4v) is 2.25. The minimum absolute atomic E-state index is 0.0985.